The van der Waals surface area contributed by atoms with Gasteiger partial charge in [0.1, 0.15) is 5.70 Å². The first-order valence-electron chi connectivity index (χ1n) is 9.09. The first-order valence-corrected chi connectivity index (χ1v) is 10.9. The molecule has 7 nitrogen and oxygen atoms in total. The lowest BCUT2D eigenvalue weighted by Gasteiger charge is -2.34. The Hall–Kier alpha value is -2.52. The van der Waals surface area contributed by atoms with Gasteiger partial charge in [-0.25, -0.2) is 5.01 Å². The number of methoxy groups -OCH3 is 1. The monoisotopic (exact) mass is 474 g/mol. The van der Waals surface area contributed by atoms with E-state index in [0.29, 0.717) is 26.4 Å². The fraction of sp³-hybridized carbons (Fsp3) is 0.250. The number of halogens is 1. The minimum absolute atomic E-state index is 0.00995. The molecule has 0 saturated carbocycles. The van der Waals surface area contributed by atoms with Gasteiger partial charge in [0.05, 0.1) is 16.9 Å². The normalized spacial score (nSPS) is 17.7. The molecule has 2 aliphatic rings. The first kappa shape index (κ1) is 19.8. The van der Waals surface area contributed by atoms with E-state index in [1.165, 1.54) is 18.9 Å². The average molecular weight is 475 g/mol. The fourth-order valence-corrected chi connectivity index (χ4v) is 4.37. The maximum Gasteiger partial charge on any atom is 0.276 e. The van der Waals surface area contributed by atoms with Crippen molar-refractivity contribution in [1.82, 2.24) is 10.3 Å². The average Bonchev–Trinajstić information content (AvgIpc) is 2.73. The highest BCUT2D eigenvalue weighted by Crippen LogP contribution is 2.40. The summed E-state index contributed by atoms with van der Waals surface area (Å²) >= 11 is 4.86. The van der Waals surface area contributed by atoms with Gasteiger partial charge >= 0.3 is 0 Å². The standard InChI is InChI=1S/C20H19BrN4O3S/c1-3-8-29-20-23-19(27)16-12-6-4-5-7-14(12)22-18(25(16)24-20)11-9-13(21)17(26)15(10-11)28-2/h4-7,9-10,18,26H,3,8H2,1-2H3,(H,23,24,27). The molecule has 1 unspecified atom stereocenters. The summed E-state index contributed by atoms with van der Waals surface area (Å²) in [4.78, 5) is 17.8. The maximum absolute atomic E-state index is 13.0. The Morgan fingerprint density at radius 3 is 2.90 bits per heavy atom. The van der Waals surface area contributed by atoms with Gasteiger partial charge in [-0.05, 0) is 40.5 Å². The van der Waals surface area contributed by atoms with Crippen molar-refractivity contribution in [2.45, 2.75) is 19.5 Å². The van der Waals surface area contributed by atoms with Crippen LogP contribution in [0.5, 0.6) is 11.5 Å². The number of phenolic OH excluding ortho intramolecular Hbond substituents is 1. The van der Waals surface area contributed by atoms with Crippen molar-refractivity contribution in [3.63, 3.8) is 0 Å². The summed E-state index contributed by atoms with van der Waals surface area (Å²) in [6, 6.07) is 11.0. The summed E-state index contributed by atoms with van der Waals surface area (Å²) in [7, 11) is 1.49. The van der Waals surface area contributed by atoms with Crippen LogP contribution in [0.15, 0.2) is 51.0 Å². The van der Waals surface area contributed by atoms with Crippen LogP contribution in [-0.4, -0.2) is 34.1 Å². The molecule has 2 heterocycles. The second-order valence-electron chi connectivity index (χ2n) is 6.47. The lowest BCUT2D eigenvalue weighted by molar-refractivity contribution is -0.116. The zero-order valence-corrected chi connectivity index (χ0v) is 18.2. The van der Waals surface area contributed by atoms with E-state index < -0.39 is 6.17 Å². The summed E-state index contributed by atoms with van der Waals surface area (Å²) in [5.41, 5.74) is 1.18. The van der Waals surface area contributed by atoms with Gasteiger partial charge in [0, 0.05) is 16.5 Å². The lowest BCUT2D eigenvalue weighted by atomic mass is 10.1. The number of thioether (sulfide) groups is 1. The molecule has 0 aliphatic carbocycles. The predicted octanol–water partition coefficient (Wildman–Crippen LogP) is 2.45. The number of carbonyl (C=O) groups excluding carboxylic acids is 1. The van der Waals surface area contributed by atoms with Crippen LogP contribution >= 0.6 is 27.7 Å². The van der Waals surface area contributed by atoms with Crippen LogP contribution in [0.25, 0.3) is 5.70 Å². The number of amides is 1. The molecule has 150 valence electrons. The van der Waals surface area contributed by atoms with Crippen molar-refractivity contribution in [2.75, 3.05) is 12.9 Å². The molecule has 4 rings (SSSR count). The third-order valence-corrected chi connectivity index (χ3v) is 6.20. The Morgan fingerprint density at radius 2 is 2.14 bits per heavy atom. The first-order chi connectivity index (χ1) is 14.0. The minimum atomic E-state index is -0.575. The molecule has 2 aliphatic heterocycles. The Morgan fingerprint density at radius 1 is 1.34 bits per heavy atom. The number of hydrazone groups is 1. The van der Waals surface area contributed by atoms with Crippen LogP contribution < -0.4 is 20.6 Å². The highest BCUT2D eigenvalue weighted by Gasteiger charge is 2.35. The number of carbonyl (C=O) groups is 1. The summed E-state index contributed by atoms with van der Waals surface area (Å²) in [6.07, 6.45) is 0.392. The van der Waals surface area contributed by atoms with E-state index in [9.17, 15) is 9.90 Å². The van der Waals surface area contributed by atoms with Gasteiger partial charge in [-0.3, -0.25) is 15.1 Å². The third kappa shape index (κ3) is 3.60. The molecule has 1 atom stereocenters. The van der Waals surface area contributed by atoms with Crippen molar-refractivity contribution in [2.24, 2.45) is 10.1 Å². The fourth-order valence-electron chi connectivity index (χ4n) is 3.21. The second kappa shape index (κ2) is 8.08. The number of hydrogen-bond donors (Lipinski definition) is 2. The van der Waals surface area contributed by atoms with Crippen LogP contribution in [0.4, 0.5) is 0 Å². The van der Waals surface area contributed by atoms with Gasteiger partial charge in [0.25, 0.3) is 5.91 Å². The molecule has 0 spiro atoms. The van der Waals surface area contributed by atoms with Crippen LogP contribution in [0.3, 0.4) is 0 Å². The number of rotatable bonds is 4. The van der Waals surface area contributed by atoms with Crippen molar-refractivity contribution < 1.29 is 14.6 Å². The van der Waals surface area contributed by atoms with Crippen molar-refractivity contribution in [3.8, 4) is 11.5 Å². The van der Waals surface area contributed by atoms with E-state index in [4.69, 9.17) is 9.73 Å². The Bertz CT molecular complexity index is 1140. The molecule has 0 bridgehead atoms. The molecule has 9 heteroatoms. The highest BCUT2D eigenvalue weighted by atomic mass is 79.9. The van der Waals surface area contributed by atoms with Gasteiger partial charge in [-0.2, -0.15) is 0 Å². The van der Waals surface area contributed by atoms with Gasteiger partial charge in [0.15, 0.2) is 22.8 Å². The zero-order chi connectivity index (χ0) is 20.5. The number of phenols is 1. The van der Waals surface area contributed by atoms with Crippen LogP contribution in [0, 0.1) is 0 Å². The molecular formula is C20H19BrN4O3S. The zero-order valence-electron chi connectivity index (χ0n) is 15.8. The van der Waals surface area contributed by atoms with E-state index in [0.717, 1.165) is 23.0 Å². The maximum atomic E-state index is 13.0. The van der Waals surface area contributed by atoms with E-state index in [1.54, 1.807) is 17.1 Å². The lowest BCUT2D eigenvalue weighted by Crippen LogP contribution is -2.50. The predicted molar refractivity (Wildman–Crippen MR) is 116 cm³/mol. The summed E-state index contributed by atoms with van der Waals surface area (Å²) in [6.45, 7) is 2.07. The Balaban J connectivity index is 1.92. The summed E-state index contributed by atoms with van der Waals surface area (Å²) in [5.74, 6) is 0.960. The number of aromatic hydroxyl groups is 1. The van der Waals surface area contributed by atoms with Crippen LogP contribution in [0.1, 0.15) is 25.1 Å². The van der Waals surface area contributed by atoms with Gasteiger partial charge in [-0.1, -0.05) is 36.9 Å². The van der Waals surface area contributed by atoms with Crippen LogP contribution in [-0.2, 0) is 4.79 Å². The minimum Gasteiger partial charge on any atom is -0.503 e. The number of nitrogens with one attached hydrogen (secondary N) is 1. The smallest absolute Gasteiger partial charge is 0.276 e. The summed E-state index contributed by atoms with van der Waals surface area (Å²) in [5, 5.41) is 21.4. The number of hydrogen-bond acceptors (Lipinski definition) is 7. The molecular weight excluding hydrogens is 456 g/mol. The molecule has 29 heavy (non-hydrogen) atoms. The van der Waals surface area contributed by atoms with Crippen molar-refractivity contribution in [1.29, 1.82) is 0 Å². The molecule has 2 aromatic rings. The Kier molecular flexibility index (Phi) is 5.51. The van der Waals surface area contributed by atoms with Crippen molar-refractivity contribution in [3.05, 3.63) is 57.0 Å². The van der Waals surface area contributed by atoms with Crippen LogP contribution in [0.2, 0.25) is 0 Å². The molecule has 2 N–H and O–H groups in total. The van der Waals surface area contributed by atoms with Gasteiger partial charge in [-0.15, -0.1) is 5.10 Å². The third-order valence-electron chi connectivity index (χ3n) is 4.53. The van der Waals surface area contributed by atoms with Crippen molar-refractivity contribution >= 4 is 44.5 Å². The van der Waals surface area contributed by atoms with E-state index in [2.05, 4.69) is 33.3 Å². The summed E-state index contributed by atoms with van der Waals surface area (Å²) < 4.78 is 5.77. The molecule has 2 aromatic carbocycles. The number of benzene rings is 2. The number of para-hydroxylation sites is 1. The molecule has 1 amide bonds. The van der Waals surface area contributed by atoms with Gasteiger partial charge < -0.3 is 9.84 Å². The number of ether oxygens (including phenoxy) is 1. The topological polar surface area (TPSA) is 86.5 Å². The van der Waals surface area contributed by atoms with E-state index >= 15 is 0 Å². The Labute approximate surface area is 180 Å². The van der Waals surface area contributed by atoms with E-state index in [-0.39, 0.29) is 11.7 Å². The molecule has 0 saturated heterocycles. The highest BCUT2D eigenvalue weighted by molar-refractivity contribution is 9.10. The largest absolute Gasteiger partial charge is 0.503 e. The number of fused-ring (bicyclic) bond motifs is 2. The molecule has 0 aromatic heterocycles. The van der Waals surface area contributed by atoms with Gasteiger partial charge in [0.2, 0.25) is 0 Å². The number of amidine groups is 1. The SMILES string of the molecule is CCCSC1=NN2C(=c3ccccc3=NC2c2cc(Br)c(O)c(OC)c2)C(=O)N1. The number of nitrogens with zero attached hydrogens (tertiary/aromatic N) is 3. The quantitative estimate of drug-likeness (QED) is 0.710. The second-order valence-corrected chi connectivity index (χ2v) is 8.41. The molecule has 0 radical (unpaired) electrons. The van der Waals surface area contributed by atoms with E-state index in [1.807, 2.05) is 24.3 Å². The molecule has 0 fully saturated rings.